The fourth-order valence-corrected chi connectivity index (χ4v) is 3.78. The Labute approximate surface area is 190 Å². The van der Waals surface area contributed by atoms with Gasteiger partial charge in [0.25, 0.3) is 11.7 Å². The molecule has 1 saturated heterocycles. The molecule has 1 aliphatic heterocycles. The van der Waals surface area contributed by atoms with Gasteiger partial charge in [0.1, 0.15) is 11.6 Å². The molecule has 0 spiro atoms. The average molecular weight is 476 g/mol. The number of carbonyl (C=O) groups excluding carboxylic acids is 2. The smallest absolute Gasteiger partial charge is 0.416 e. The molecular formula is C24H14ClF4NO3. The van der Waals surface area contributed by atoms with Crippen LogP contribution in [0, 0.1) is 5.82 Å². The molecule has 168 valence electrons. The minimum Gasteiger partial charge on any atom is -0.507 e. The van der Waals surface area contributed by atoms with E-state index >= 15 is 0 Å². The number of hydrogen-bond acceptors (Lipinski definition) is 3. The lowest BCUT2D eigenvalue weighted by molar-refractivity contribution is -0.137. The number of rotatable bonds is 3. The van der Waals surface area contributed by atoms with Crippen LogP contribution in [0.2, 0.25) is 5.02 Å². The van der Waals surface area contributed by atoms with E-state index < -0.39 is 41.0 Å². The Morgan fingerprint density at radius 2 is 1.58 bits per heavy atom. The van der Waals surface area contributed by atoms with E-state index in [1.54, 1.807) is 0 Å². The first kappa shape index (κ1) is 22.5. The highest BCUT2D eigenvalue weighted by atomic mass is 35.5. The van der Waals surface area contributed by atoms with Gasteiger partial charge < -0.3 is 5.11 Å². The van der Waals surface area contributed by atoms with Gasteiger partial charge in [-0.1, -0.05) is 29.8 Å². The van der Waals surface area contributed by atoms with E-state index in [1.807, 2.05) is 0 Å². The van der Waals surface area contributed by atoms with Gasteiger partial charge >= 0.3 is 6.18 Å². The van der Waals surface area contributed by atoms with Gasteiger partial charge in [0, 0.05) is 16.3 Å². The summed E-state index contributed by atoms with van der Waals surface area (Å²) in [6, 6.07) is 13.2. The van der Waals surface area contributed by atoms with Crippen LogP contribution in [-0.2, 0) is 15.8 Å². The molecule has 0 saturated carbocycles. The molecular weight excluding hydrogens is 462 g/mol. The zero-order valence-corrected chi connectivity index (χ0v) is 17.4. The number of halogens is 5. The number of aliphatic hydroxyl groups is 1. The maximum absolute atomic E-state index is 13.5. The molecule has 4 rings (SSSR count). The van der Waals surface area contributed by atoms with Crippen LogP contribution in [0.3, 0.4) is 0 Å². The molecule has 33 heavy (non-hydrogen) atoms. The molecule has 1 aliphatic rings. The summed E-state index contributed by atoms with van der Waals surface area (Å²) >= 11 is 5.87. The quantitative estimate of drug-likeness (QED) is 0.215. The van der Waals surface area contributed by atoms with Crippen LogP contribution in [0.25, 0.3) is 5.76 Å². The Balaban J connectivity index is 1.94. The SMILES string of the molecule is O=C1C(=O)N(c2cccc(C(F)(F)F)c2)[C@H](c2ccc(F)cc2)C1=C(O)c1ccc(Cl)cc1. The zero-order chi connectivity index (χ0) is 23.9. The van der Waals surface area contributed by atoms with Crippen LogP contribution in [0.1, 0.15) is 22.7 Å². The predicted molar refractivity (Wildman–Crippen MR) is 114 cm³/mol. The first-order valence-corrected chi connectivity index (χ1v) is 9.95. The van der Waals surface area contributed by atoms with Gasteiger partial charge in [0.2, 0.25) is 0 Å². The largest absolute Gasteiger partial charge is 0.507 e. The fourth-order valence-electron chi connectivity index (χ4n) is 3.65. The molecule has 0 unspecified atom stereocenters. The van der Waals surface area contributed by atoms with E-state index in [4.69, 9.17) is 11.6 Å². The third kappa shape index (κ3) is 4.21. The molecule has 0 bridgehead atoms. The number of nitrogens with zero attached hydrogens (tertiary/aromatic N) is 1. The molecule has 4 nitrogen and oxygen atoms in total. The van der Waals surface area contributed by atoms with Crippen molar-refractivity contribution in [3.63, 3.8) is 0 Å². The minimum absolute atomic E-state index is 0.175. The maximum Gasteiger partial charge on any atom is 0.416 e. The van der Waals surface area contributed by atoms with Crippen molar-refractivity contribution in [2.45, 2.75) is 12.2 Å². The lowest BCUT2D eigenvalue weighted by Gasteiger charge is -2.26. The van der Waals surface area contributed by atoms with Crippen LogP contribution in [0.5, 0.6) is 0 Å². The van der Waals surface area contributed by atoms with E-state index in [2.05, 4.69) is 0 Å². The highest BCUT2D eigenvalue weighted by Gasteiger charge is 2.47. The van der Waals surface area contributed by atoms with Crippen LogP contribution < -0.4 is 4.90 Å². The lowest BCUT2D eigenvalue weighted by atomic mass is 9.95. The first-order valence-electron chi connectivity index (χ1n) is 9.57. The van der Waals surface area contributed by atoms with Crippen LogP contribution in [0.4, 0.5) is 23.2 Å². The van der Waals surface area contributed by atoms with E-state index in [1.165, 1.54) is 42.5 Å². The number of benzene rings is 3. The Morgan fingerprint density at radius 1 is 0.939 bits per heavy atom. The van der Waals surface area contributed by atoms with Crippen molar-refractivity contribution < 1.29 is 32.3 Å². The molecule has 3 aromatic carbocycles. The summed E-state index contributed by atoms with van der Waals surface area (Å²) in [7, 11) is 0. The number of hydrogen-bond donors (Lipinski definition) is 1. The molecule has 0 aromatic heterocycles. The molecule has 0 radical (unpaired) electrons. The molecule has 1 atom stereocenters. The van der Waals surface area contributed by atoms with Crippen molar-refractivity contribution in [2.75, 3.05) is 4.90 Å². The Hall–Kier alpha value is -3.65. The van der Waals surface area contributed by atoms with Gasteiger partial charge in [-0.15, -0.1) is 0 Å². The second-order valence-corrected chi connectivity index (χ2v) is 7.71. The summed E-state index contributed by atoms with van der Waals surface area (Å²) in [5, 5.41) is 11.3. The zero-order valence-electron chi connectivity index (χ0n) is 16.6. The average Bonchev–Trinajstić information content (AvgIpc) is 3.04. The van der Waals surface area contributed by atoms with Crippen LogP contribution >= 0.6 is 11.6 Å². The monoisotopic (exact) mass is 475 g/mol. The first-order chi connectivity index (χ1) is 15.6. The van der Waals surface area contributed by atoms with Gasteiger partial charge in [0.15, 0.2) is 0 Å². The third-order valence-corrected chi connectivity index (χ3v) is 5.45. The second kappa shape index (κ2) is 8.37. The maximum atomic E-state index is 13.5. The molecule has 1 heterocycles. The van der Waals surface area contributed by atoms with Crippen molar-refractivity contribution in [1.29, 1.82) is 0 Å². The highest BCUT2D eigenvalue weighted by molar-refractivity contribution is 6.51. The summed E-state index contributed by atoms with van der Waals surface area (Å²) in [6.07, 6.45) is -4.68. The number of anilines is 1. The number of ketones is 1. The van der Waals surface area contributed by atoms with E-state index in [0.29, 0.717) is 5.02 Å². The van der Waals surface area contributed by atoms with E-state index in [9.17, 15) is 32.3 Å². The molecule has 3 aromatic rings. The number of carbonyl (C=O) groups is 2. The molecule has 1 fully saturated rings. The highest BCUT2D eigenvalue weighted by Crippen LogP contribution is 2.43. The summed E-state index contributed by atoms with van der Waals surface area (Å²) in [4.78, 5) is 26.8. The fraction of sp³-hybridized carbons (Fsp3) is 0.0833. The van der Waals surface area contributed by atoms with Crippen LogP contribution in [0.15, 0.2) is 78.4 Å². The van der Waals surface area contributed by atoms with Crippen molar-refractivity contribution in [2.24, 2.45) is 0 Å². The Bertz CT molecular complexity index is 1270. The molecule has 0 aliphatic carbocycles. The number of alkyl halides is 3. The summed E-state index contributed by atoms with van der Waals surface area (Å²) in [5.74, 6) is -3.34. The van der Waals surface area contributed by atoms with Crippen molar-refractivity contribution in [3.05, 3.63) is 106 Å². The van der Waals surface area contributed by atoms with Crippen molar-refractivity contribution >= 4 is 34.7 Å². The number of amides is 1. The van der Waals surface area contributed by atoms with Crippen molar-refractivity contribution in [3.8, 4) is 0 Å². The standard InChI is InChI=1S/C24H14ClF4NO3/c25-16-8-4-14(5-9-16)21(31)19-20(13-6-10-17(26)11-7-13)30(23(33)22(19)32)18-3-1-2-15(12-18)24(27,28)29/h1-12,20,31H/t20-/m1/s1. The molecule has 9 heteroatoms. The van der Waals surface area contributed by atoms with Gasteiger partial charge in [-0.25, -0.2) is 4.39 Å². The third-order valence-electron chi connectivity index (χ3n) is 5.20. The Kier molecular flexibility index (Phi) is 5.71. The Morgan fingerprint density at radius 3 is 2.18 bits per heavy atom. The van der Waals surface area contributed by atoms with Gasteiger partial charge in [-0.2, -0.15) is 13.2 Å². The van der Waals surface area contributed by atoms with Crippen molar-refractivity contribution in [1.82, 2.24) is 0 Å². The number of aliphatic hydroxyl groups excluding tert-OH is 1. The second-order valence-electron chi connectivity index (χ2n) is 7.28. The molecule has 1 amide bonds. The summed E-state index contributed by atoms with van der Waals surface area (Å²) in [5.41, 5.74) is -1.16. The predicted octanol–water partition coefficient (Wildman–Crippen LogP) is 6.12. The van der Waals surface area contributed by atoms with Gasteiger partial charge in [0.05, 0.1) is 17.2 Å². The summed E-state index contributed by atoms with van der Waals surface area (Å²) < 4.78 is 53.4. The van der Waals surface area contributed by atoms with E-state index in [-0.39, 0.29) is 22.4 Å². The van der Waals surface area contributed by atoms with Crippen LogP contribution in [-0.4, -0.2) is 16.8 Å². The van der Waals surface area contributed by atoms with E-state index in [0.717, 1.165) is 35.2 Å². The summed E-state index contributed by atoms with van der Waals surface area (Å²) in [6.45, 7) is 0. The molecule has 1 N–H and O–H groups in total. The topological polar surface area (TPSA) is 57.6 Å². The lowest BCUT2D eigenvalue weighted by Crippen LogP contribution is -2.29. The number of Topliss-reactive ketones (excluding diaryl/α,β-unsaturated/α-hetero) is 1. The normalized spacial score (nSPS) is 18.1. The minimum atomic E-state index is -4.68. The van der Waals surface area contributed by atoms with Gasteiger partial charge in [-0.3, -0.25) is 14.5 Å². The van der Waals surface area contributed by atoms with Gasteiger partial charge in [-0.05, 0) is 60.2 Å².